The van der Waals surface area contributed by atoms with E-state index in [0.29, 0.717) is 25.9 Å². The van der Waals surface area contributed by atoms with E-state index >= 15 is 0 Å². The van der Waals surface area contributed by atoms with Crippen LogP contribution in [0, 0.1) is 11.3 Å². The quantitative estimate of drug-likeness (QED) is 0.758. The van der Waals surface area contributed by atoms with E-state index in [0.717, 1.165) is 0 Å². The fraction of sp³-hybridized carbons (Fsp3) is 0.867. The van der Waals surface area contributed by atoms with Gasteiger partial charge in [-0.25, -0.2) is 17.1 Å². The highest BCUT2D eigenvalue weighted by Crippen LogP contribution is 2.20. The number of carbonyl (C=O) groups is 1. The van der Waals surface area contributed by atoms with E-state index in [4.69, 9.17) is 5.26 Å². The van der Waals surface area contributed by atoms with Crippen LogP contribution in [-0.4, -0.2) is 73.2 Å². The number of nitriles is 1. The molecule has 136 valence electrons. The molecule has 0 saturated carbocycles. The molecule has 2 rings (SSSR count). The van der Waals surface area contributed by atoms with Crippen molar-refractivity contribution in [1.29, 1.82) is 5.26 Å². The summed E-state index contributed by atoms with van der Waals surface area (Å²) in [5.41, 5.74) is 0. The molecule has 0 bridgehead atoms. The summed E-state index contributed by atoms with van der Waals surface area (Å²) in [4.78, 5) is 13.4. The van der Waals surface area contributed by atoms with Crippen LogP contribution in [0.1, 0.15) is 33.1 Å². The Morgan fingerprint density at radius 1 is 1.38 bits per heavy atom. The third-order valence-corrected chi connectivity index (χ3v) is 6.95. The van der Waals surface area contributed by atoms with Crippen molar-refractivity contribution in [1.82, 2.24) is 14.5 Å². The van der Waals surface area contributed by atoms with Crippen LogP contribution in [0.25, 0.3) is 0 Å². The molecule has 2 atom stereocenters. The zero-order valence-corrected chi connectivity index (χ0v) is 14.9. The molecule has 0 radical (unpaired) electrons. The molecule has 2 aliphatic rings. The fourth-order valence-electron chi connectivity index (χ4n) is 3.13. The normalized spacial score (nSPS) is 26.7. The molecule has 7 nitrogen and oxygen atoms in total. The highest BCUT2D eigenvalue weighted by atomic mass is 32.2. The number of carbonyl (C=O) groups excluding carboxylic acids is 1. The summed E-state index contributed by atoms with van der Waals surface area (Å²) in [6, 6.07) is 1.33. The minimum absolute atomic E-state index is 0.0240. The molecule has 9 heteroatoms. The molecule has 2 aliphatic heterocycles. The van der Waals surface area contributed by atoms with Gasteiger partial charge in [0.15, 0.2) is 0 Å². The average molecular weight is 360 g/mol. The number of likely N-dealkylation sites (tertiary alicyclic amines) is 1. The van der Waals surface area contributed by atoms with Crippen LogP contribution < -0.4 is 5.32 Å². The summed E-state index contributed by atoms with van der Waals surface area (Å²) in [5.74, 6) is -0.279. The zero-order valence-electron chi connectivity index (χ0n) is 14.1. The summed E-state index contributed by atoms with van der Waals surface area (Å²) in [6.45, 7) is 4.22. The van der Waals surface area contributed by atoms with Crippen LogP contribution in [0.2, 0.25) is 0 Å². The predicted octanol–water partition coefficient (Wildman–Crippen LogP) is 0.241. The number of alkyl halides is 1. The molecule has 0 spiro atoms. The first-order chi connectivity index (χ1) is 11.3. The Labute approximate surface area is 142 Å². The molecule has 2 saturated heterocycles. The summed E-state index contributed by atoms with van der Waals surface area (Å²) >= 11 is 0. The Hall–Kier alpha value is -1.24. The maximum absolute atomic E-state index is 13.4. The van der Waals surface area contributed by atoms with Gasteiger partial charge in [0.2, 0.25) is 15.9 Å². The van der Waals surface area contributed by atoms with Crippen LogP contribution >= 0.6 is 0 Å². The van der Waals surface area contributed by atoms with Gasteiger partial charge in [-0.3, -0.25) is 4.79 Å². The van der Waals surface area contributed by atoms with Crippen LogP contribution in [0.3, 0.4) is 0 Å². The first kappa shape index (κ1) is 19.1. The van der Waals surface area contributed by atoms with Gasteiger partial charge in [-0.05, 0) is 26.7 Å². The first-order valence-corrected chi connectivity index (χ1v) is 9.81. The standard InChI is InChI=1S/C15H25FN4O3S/c1-11(2)24(22,23)19-5-3-13(4-6-19)18-9-15(21)20-10-12(16)7-14(20)8-17/h11-14,18H,3-7,9-10H2,1-2H3/t12-,14?/m0/s1. The number of hydrogen-bond acceptors (Lipinski definition) is 5. The van der Waals surface area contributed by atoms with Crippen molar-refractivity contribution in [3.63, 3.8) is 0 Å². The van der Waals surface area contributed by atoms with Crippen LogP contribution in [-0.2, 0) is 14.8 Å². The molecule has 0 aromatic rings. The van der Waals surface area contributed by atoms with Gasteiger partial charge in [-0.15, -0.1) is 0 Å². The van der Waals surface area contributed by atoms with Crippen molar-refractivity contribution < 1.29 is 17.6 Å². The van der Waals surface area contributed by atoms with E-state index in [9.17, 15) is 17.6 Å². The van der Waals surface area contributed by atoms with Gasteiger partial charge in [0.05, 0.1) is 24.4 Å². The van der Waals surface area contributed by atoms with Gasteiger partial charge in [-0.1, -0.05) is 0 Å². The highest BCUT2D eigenvalue weighted by Gasteiger charge is 2.35. The van der Waals surface area contributed by atoms with Crippen molar-refractivity contribution in [2.45, 2.75) is 56.6 Å². The van der Waals surface area contributed by atoms with Gasteiger partial charge in [0, 0.05) is 25.6 Å². The largest absolute Gasteiger partial charge is 0.323 e. The Bertz CT molecular complexity index is 596. The molecular weight excluding hydrogens is 335 g/mol. The highest BCUT2D eigenvalue weighted by molar-refractivity contribution is 7.89. The molecule has 1 unspecified atom stereocenters. The number of sulfonamides is 1. The molecule has 1 N–H and O–H groups in total. The second kappa shape index (κ2) is 7.76. The molecule has 24 heavy (non-hydrogen) atoms. The summed E-state index contributed by atoms with van der Waals surface area (Å²) in [7, 11) is -3.23. The van der Waals surface area contributed by atoms with E-state index < -0.39 is 27.5 Å². The number of piperidine rings is 1. The minimum Gasteiger partial charge on any atom is -0.323 e. The lowest BCUT2D eigenvalue weighted by Crippen LogP contribution is -2.49. The molecular formula is C15H25FN4O3S. The smallest absolute Gasteiger partial charge is 0.237 e. The predicted molar refractivity (Wildman–Crippen MR) is 87.3 cm³/mol. The van der Waals surface area contributed by atoms with Crippen LogP contribution in [0.4, 0.5) is 4.39 Å². The topological polar surface area (TPSA) is 93.5 Å². The Kier molecular flexibility index (Phi) is 6.17. The van der Waals surface area contributed by atoms with Crippen molar-refractivity contribution in [3.8, 4) is 6.07 Å². The number of nitrogens with zero attached hydrogens (tertiary/aromatic N) is 3. The van der Waals surface area contributed by atoms with Crippen LogP contribution in [0.15, 0.2) is 0 Å². The average Bonchev–Trinajstić information content (AvgIpc) is 2.94. The van der Waals surface area contributed by atoms with Crippen molar-refractivity contribution in [2.24, 2.45) is 0 Å². The Balaban J connectivity index is 1.79. The maximum atomic E-state index is 13.4. The number of hydrogen-bond donors (Lipinski definition) is 1. The van der Waals surface area contributed by atoms with Crippen molar-refractivity contribution in [3.05, 3.63) is 0 Å². The molecule has 1 amide bonds. The second-order valence-electron chi connectivity index (χ2n) is 6.67. The van der Waals surface area contributed by atoms with E-state index in [1.807, 2.05) is 6.07 Å². The van der Waals surface area contributed by atoms with E-state index in [2.05, 4.69) is 5.32 Å². The van der Waals surface area contributed by atoms with Crippen molar-refractivity contribution >= 4 is 15.9 Å². The van der Waals surface area contributed by atoms with E-state index in [1.165, 1.54) is 9.21 Å². The van der Waals surface area contributed by atoms with Gasteiger partial charge in [0.25, 0.3) is 0 Å². The second-order valence-corrected chi connectivity index (χ2v) is 9.16. The van der Waals surface area contributed by atoms with Gasteiger partial charge < -0.3 is 10.2 Å². The van der Waals surface area contributed by atoms with Crippen LogP contribution in [0.5, 0.6) is 0 Å². The number of amides is 1. The van der Waals surface area contributed by atoms with Gasteiger partial charge in [0.1, 0.15) is 12.2 Å². The molecule has 2 fully saturated rings. The van der Waals surface area contributed by atoms with Gasteiger partial charge in [-0.2, -0.15) is 5.26 Å². The van der Waals surface area contributed by atoms with E-state index in [1.54, 1.807) is 13.8 Å². The SMILES string of the molecule is CC(C)S(=O)(=O)N1CCC(NCC(=O)N2C[C@@H](F)CC2C#N)CC1. The van der Waals surface area contributed by atoms with E-state index in [-0.39, 0.29) is 31.5 Å². The molecule has 0 aromatic carbocycles. The fourth-order valence-corrected chi connectivity index (χ4v) is 4.44. The third kappa shape index (κ3) is 4.23. The zero-order chi connectivity index (χ0) is 17.9. The molecule has 0 aromatic heterocycles. The number of nitrogens with one attached hydrogen (secondary N) is 1. The summed E-state index contributed by atoms with van der Waals surface area (Å²) in [6.07, 6.45) is 0.204. The lowest BCUT2D eigenvalue weighted by atomic mass is 10.1. The lowest BCUT2D eigenvalue weighted by Gasteiger charge is -2.33. The third-order valence-electron chi connectivity index (χ3n) is 4.67. The first-order valence-electron chi connectivity index (χ1n) is 8.31. The molecule has 0 aliphatic carbocycles. The van der Waals surface area contributed by atoms with Gasteiger partial charge >= 0.3 is 0 Å². The summed E-state index contributed by atoms with van der Waals surface area (Å²) in [5, 5.41) is 11.7. The number of rotatable bonds is 5. The number of halogens is 1. The van der Waals surface area contributed by atoms with Crippen molar-refractivity contribution in [2.75, 3.05) is 26.2 Å². The minimum atomic E-state index is -3.23. The lowest BCUT2D eigenvalue weighted by molar-refractivity contribution is -0.130. The Morgan fingerprint density at radius 2 is 2.00 bits per heavy atom. The Morgan fingerprint density at radius 3 is 2.54 bits per heavy atom. The summed E-state index contributed by atoms with van der Waals surface area (Å²) < 4.78 is 39.1. The maximum Gasteiger partial charge on any atom is 0.237 e. The molecule has 2 heterocycles. The monoisotopic (exact) mass is 360 g/mol.